The van der Waals surface area contributed by atoms with Crippen LogP contribution in [0.15, 0.2) is 35.1 Å². The fourth-order valence-corrected chi connectivity index (χ4v) is 3.46. The minimum Gasteiger partial charge on any atom is -0.505 e. The van der Waals surface area contributed by atoms with Gasteiger partial charge in [0, 0.05) is 7.05 Å². The Balaban J connectivity index is 2.13. The van der Waals surface area contributed by atoms with Gasteiger partial charge in [0.1, 0.15) is 18.1 Å². The van der Waals surface area contributed by atoms with E-state index in [0.29, 0.717) is 10.0 Å². The molecule has 0 amide bonds. The molecule has 0 unspecified atom stereocenters. The molecule has 0 fully saturated rings. The van der Waals surface area contributed by atoms with Crippen LogP contribution in [0, 0.1) is 6.92 Å². The largest absolute Gasteiger partial charge is 0.505 e. The molecule has 1 aromatic heterocycles. The molecule has 9 heteroatoms. The average molecular weight is 460 g/mol. The minimum atomic E-state index is -0.536. The van der Waals surface area contributed by atoms with Crippen molar-refractivity contribution >= 4 is 46.4 Å². The lowest BCUT2D eigenvalue weighted by Crippen LogP contribution is -2.22. The van der Waals surface area contributed by atoms with Crippen molar-refractivity contribution < 1.29 is 9.84 Å². The Bertz CT molecular complexity index is 1130. The van der Waals surface area contributed by atoms with Crippen molar-refractivity contribution in [2.45, 2.75) is 13.5 Å². The Morgan fingerprint density at radius 2 is 1.64 bits per heavy atom. The van der Waals surface area contributed by atoms with Gasteiger partial charge in [0.2, 0.25) is 0 Å². The molecule has 3 aromatic rings. The van der Waals surface area contributed by atoms with Gasteiger partial charge in [-0.25, -0.2) is 4.68 Å². The summed E-state index contributed by atoms with van der Waals surface area (Å²) in [6.07, 6.45) is 0. The van der Waals surface area contributed by atoms with E-state index in [9.17, 15) is 9.90 Å². The van der Waals surface area contributed by atoms with Crippen LogP contribution in [0.4, 0.5) is 0 Å². The van der Waals surface area contributed by atoms with E-state index in [1.165, 1.54) is 13.1 Å². The predicted molar refractivity (Wildman–Crippen MR) is 112 cm³/mol. The first kappa shape index (κ1) is 20.8. The molecule has 28 heavy (non-hydrogen) atoms. The van der Waals surface area contributed by atoms with Crippen LogP contribution in [0.25, 0.3) is 11.1 Å². The van der Waals surface area contributed by atoms with Crippen LogP contribution in [0.5, 0.6) is 11.5 Å². The smallest absolute Gasteiger partial charge is 0.278 e. The highest BCUT2D eigenvalue weighted by atomic mass is 35.5. The Morgan fingerprint density at radius 1 is 1.00 bits per heavy atom. The van der Waals surface area contributed by atoms with Gasteiger partial charge >= 0.3 is 0 Å². The third kappa shape index (κ3) is 3.94. The fraction of sp³-hybridized carbons (Fsp3) is 0.158. The molecule has 3 rings (SSSR count). The number of aryl methyl sites for hydroxylation is 2. The summed E-state index contributed by atoms with van der Waals surface area (Å²) in [5.41, 5.74) is 0.624. The maximum Gasteiger partial charge on any atom is 0.278 e. The summed E-state index contributed by atoms with van der Waals surface area (Å²) < 4.78 is 6.99. The van der Waals surface area contributed by atoms with E-state index >= 15 is 0 Å². The molecule has 0 aliphatic carbocycles. The number of ether oxygens (including phenoxy) is 1. The number of rotatable bonds is 4. The Morgan fingerprint density at radius 3 is 2.32 bits per heavy atom. The van der Waals surface area contributed by atoms with Crippen molar-refractivity contribution in [1.82, 2.24) is 9.78 Å². The van der Waals surface area contributed by atoms with Gasteiger partial charge in [0.25, 0.3) is 5.56 Å². The number of benzene rings is 2. The maximum atomic E-state index is 12.7. The van der Waals surface area contributed by atoms with Gasteiger partial charge in [-0.05, 0) is 36.8 Å². The molecule has 0 aliphatic rings. The van der Waals surface area contributed by atoms with E-state index in [2.05, 4.69) is 5.10 Å². The zero-order valence-corrected chi connectivity index (χ0v) is 17.8. The highest BCUT2D eigenvalue weighted by Gasteiger charge is 2.23. The van der Waals surface area contributed by atoms with Crippen molar-refractivity contribution in [3.8, 4) is 22.6 Å². The quantitative estimate of drug-likeness (QED) is 0.547. The van der Waals surface area contributed by atoms with Crippen molar-refractivity contribution in [3.63, 3.8) is 0 Å². The molecule has 0 bridgehead atoms. The molecule has 146 valence electrons. The van der Waals surface area contributed by atoms with Crippen LogP contribution in [-0.2, 0) is 13.7 Å². The minimum absolute atomic E-state index is 0.0355. The van der Waals surface area contributed by atoms with E-state index in [1.54, 1.807) is 31.2 Å². The van der Waals surface area contributed by atoms with E-state index in [4.69, 9.17) is 51.1 Å². The fourth-order valence-electron chi connectivity index (χ4n) is 2.68. The van der Waals surface area contributed by atoms with Gasteiger partial charge in [-0.15, -0.1) is 0 Å². The van der Waals surface area contributed by atoms with Crippen LogP contribution in [0.2, 0.25) is 20.1 Å². The van der Waals surface area contributed by atoms with Gasteiger partial charge in [-0.3, -0.25) is 4.79 Å². The summed E-state index contributed by atoms with van der Waals surface area (Å²) in [5.74, 6) is -0.120. The summed E-state index contributed by atoms with van der Waals surface area (Å²) in [4.78, 5) is 12.7. The second-order valence-electron chi connectivity index (χ2n) is 6.01. The molecule has 2 aromatic carbocycles. The van der Waals surface area contributed by atoms with Crippen LogP contribution >= 0.6 is 46.4 Å². The maximum absolute atomic E-state index is 12.7. The first-order chi connectivity index (χ1) is 13.2. The lowest BCUT2D eigenvalue weighted by Gasteiger charge is -2.16. The lowest BCUT2D eigenvalue weighted by atomic mass is 10.0. The second kappa shape index (κ2) is 8.21. The van der Waals surface area contributed by atoms with Gasteiger partial charge < -0.3 is 9.84 Å². The zero-order chi connectivity index (χ0) is 20.6. The summed E-state index contributed by atoms with van der Waals surface area (Å²) in [7, 11) is 1.48. The molecule has 1 N–H and O–H groups in total. The SMILES string of the molecule is Cc1nn(C)c(=O)c(-c2c(Cl)ccc(Cl)c2OCc2ccc(Cl)c(Cl)c2)c1O. The molecule has 0 aliphatic heterocycles. The van der Waals surface area contributed by atoms with Gasteiger partial charge in [0.15, 0.2) is 5.75 Å². The average Bonchev–Trinajstić information content (AvgIpc) is 2.65. The van der Waals surface area contributed by atoms with Crippen molar-refractivity contribution in [3.05, 3.63) is 72.0 Å². The number of nitrogens with zero attached hydrogens (tertiary/aromatic N) is 2. The standard InChI is InChI=1S/C19H14Cl4N2O3/c1-9-17(26)16(19(27)25(2)24-9)15-12(21)5-6-13(22)18(15)28-8-10-3-4-11(20)14(23)7-10/h3-7,26H,8H2,1-2H3. The first-order valence-electron chi connectivity index (χ1n) is 8.02. The summed E-state index contributed by atoms with van der Waals surface area (Å²) in [6, 6.07) is 8.14. The number of hydrogen-bond donors (Lipinski definition) is 1. The monoisotopic (exact) mass is 458 g/mol. The molecule has 0 saturated carbocycles. The third-order valence-electron chi connectivity index (χ3n) is 4.06. The van der Waals surface area contributed by atoms with Crippen molar-refractivity contribution in [2.75, 3.05) is 0 Å². The molecule has 5 nitrogen and oxygen atoms in total. The second-order valence-corrected chi connectivity index (χ2v) is 7.64. The van der Waals surface area contributed by atoms with Crippen molar-refractivity contribution in [1.29, 1.82) is 0 Å². The number of aromatic nitrogens is 2. The Kier molecular flexibility index (Phi) is 6.10. The number of hydrogen-bond acceptors (Lipinski definition) is 4. The van der Waals surface area contributed by atoms with Crippen LogP contribution in [0.1, 0.15) is 11.3 Å². The van der Waals surface area contributed by atoms with Gasteiger partial charge in [-0.1, -0.05) is 52.5 Å². The van der Waals surface area contributed by atoms with Crippen LogP contribution in [-0.4, -0.2) is 14.9 Å². The topological polar surface area (TPSA) is 64.4 Å². The summed E-state index contributed by atoms with van der Waals surface area (Å²) >= 11 is 24.6. The normalized spacial score (nSPS) is 10.9. The summed E-state index contributed by atoms with van der Waals surface area (Å²) in [6.45, 7) is 1.67. The van der Waals surface area contributed by atoms with E-state index in [1.807, 2.05) is 0 Å². The molecule has 0 saturated heterocycles. The third-order valence-corrected chi connectivity index (χ3v) is 5.41. The first-order valence-corrected chi connectivity index (χ1v) is 9.54. The van der Waals surface area contributed by atoms with Crippen LogP contribution < -0.4 is 10.3 Å². The highest BCUT2D eigenvalue weighted by Crippen LogP contribution is 2.44. The number of aromatic hydroxyl groups is 1. The van der Waals surface area contributed by atoms with E-state index < -0.39 is 5.56 Å². The molecular weight excluding hydrogens is 446 g/mol. The zero-order valence-electron chi connectivity index (χ0n) is 14.8. The lowest BCUT2D eigenvalue weighted by molar-refractivity contribution is 0.307. The Hall–Kier alpha value is -1.92. The molecule has 0 radical (unpaired) electrons. The van der Waals surface area contributed by atoms with Gasteiger partial charge in [-0.2, -0.15) is 5.10 Å². The van der Waals surface area contributed by atoms with E-state index in [-0.39, 0.29) is 45.0 Å². The number of halogens is 4. The van der Waals surface area contributed by atoms with Crippen LogP contribution in [0.3, 0.4) is 0 Å². The summed E-state index contributed by atoms with van der Waals surface area (Å²) in [5, 5.41) is 15.7. The Labute approximate surface area is 181 Å². The van der Waals surface area contributed by atoms with Gasteiger partial charge in [0.05, 0.1) is 31.2 Å². The van der Waals surface area contributed by atoms with E-state index in [0.717, 1.165) is 10.2 Å². The molecule has 0 atom stereocenters. The highest BCUT2D eigenvalue weighted by molar-refractivity contribution is 6.42. The molecular formula is C19H14Cl4N2O3. The molecule has 0 spiro atoms. The van der Waals surface area contributed by atoms with Crippen molar-refractivity contribution in [2.24, 2.45) is 7.05 Å². The predicted octanol–water partition coefficient (Wildman–Crippen LogP) is 5.65. The molecule has 1 heterocycles.